The molecule has 1 aliphatic heterocycles. The number of furan rings is 1. The van der Waals surface area contributed by atoms with Crippen molar-refractivity contribution in [1.82, 2.24) is 9.21 Å². The highest BCUT2D eigenvalue weighted by Crippen LogP contribution is 2.21. The van der Waals surface area contributed by atoms with Crippen LogP contribution in [0, 0.1) is 0 Å². The van der Waals surface area contributed by atoms with E-state index in [4.69, 9.17) is 9.15 Å². The summed E-state index contributed by atoms with van der Waals surface area (Å²) < 4.78 is 37.1. The van der Waals surface area contributed by atoms with Crippen LogP contribution in [-0.4, -0.2) is 62.9 Å². The SMILES string of the molecule is CCCCN(CCCC)C(=O)c1ccc(S(=O)(=O)N2CCOCC2)o1. The molecule has 2 rings (SSSR count). The van der Waals surface area contributed by atoms with E-state index in [0.717, 1.165) is 25.7 Å². The molecule has 1 saturated heterocycles. The molecule has 1 aliphatic rings. The molecule has 1 fully saturated rings. The molecule has 1 amide bonds. The van der Waals surface area contributed by atoms with E-state index in [0.29, 0.717) is 39.4 Å². The third kappa shape index (κ3) is 5.05. The van der Waals surface area contributed by atoms with E-state index in [1.807, 2.05) is 0 Å². The van der Waals surface area contributed by atoms with Gasteiger partial charge in [-0.25, -0.2) is 8.42 Å². The number of morpholine rings is 1. The van der Waals surface area contributed by atoms with Crippen LogP contribution in [0.25, 0.3) is 0 Å². The maximum absolute atomic E-state index is 12.7. The van der Waals surface area contributed by atoms with Crippen LogP contribution in [0.15, 0.2) is 21.6 Å². The molecule has 0 spiro atoms. The molecule has 0 radical (unpaired) electrons. The van der Waals surface area contributed by atoms with Gasteiger partial charge in [-0.1, -0.05) is 26.7 Å². The Morgan fingerprint density at radius 1 is 1.12 bits per heavy atom. The smallest absolute Gasteiger partial charge is 0.289 e. The van der Waals surface area contributed by atoms with Crippen LogP contribution in [0.4, 0.5) is 0 Å². The van der Waals surface area contributed by atoms with Gasteiger partial charge in [-0.2, -0.15) is 4.31 Å². The lowest BCUT2D eigenvalue weighted by Gasteiger charge is -2.24. The van der Waals surface area contributed by atoms with Gasteiger partial charge in [-0.05, 0) is 25.0 Å². The van der Waals surface area contributed by atoms with Crippen LogP contribution in [0.1, 0.15) is 50.1 Å². The molecule has 1 aromatic heterocycles. The number of carbonyl (C=O) groups is 1. The Kier molecular flexibility index (Phi) is 7.46. The average molecular weight is 372 g/mol. The first-order valence-corrected chi connectivity index (χ1v) is 10.4. The fraction of sp³-hybridized carbons (Fsp3) is 0.706. The lowest BCUT2D eigenvalue weighted by molar-refractivity contribution is 0.0699. The van der Waals surface area contributed by atoms with Crippen molar-refractivity contribution >= 4 is 15.9 Å². The minimum Gasteiger partial charge on any atom is -0.438 e. The highest BCUT2D eigenvalue weighted by molar-refractivity contribution is 7.89. The van der Waals surface area contributed by atoms with E-state index in [2.05, 4.69) is 13.8 Å². The van der Waals surface area contributed by atoms with Crippen LogP contribution in [0.2, 0.25) is 0 Å². The summed E-state index contributed by atoms with van der Waals surface area (Å²) in [6, 6.07) is 2.83. The molecule has 142 valence electrons. The van der Waals surface area contributed by atoms with Gasteiger partial charge in [0, 0.05) is 26.2 Å². The molecule has 25 heavy (non-hydrogen) atoms. The Balaban J connectivity index is 2.13. The Bertz CT molecular complexity index is 642. The predicted octanol–water partition coefficient (Wildman–Crippen LogP) is 2.34. The number of unbranched alkanes of at least 4 members (excludes halogenated alkanes) is 2. The molecule has 2 heterocycles. The normalized spacial score (nSPS) is 16.1. The fourth-order valence-corrected chi connectivity index (χ4v) is 3.98. The van der Waals surface area contributed by atoms with Gasteiger partial charge in [0.05, 0.1) is 13.2 Å². The zero-order valence-electron chi connectivity index (χ0n) is 15.1. The maximum Gasteiger partial charge on any atom is 0.289 e. The second-order valence-corrected chi connectivity index (χ2v) is 8.00. The largest absolute Gasteiger partial charge is 0.438 e. The van der Waals surface area contributed by atoms with Crippen molar-refractivity contribution in [3.05, 3.63) is 17.9 Å². The third-order valence-corrected chi connectivity index (χ3v) is 5.98. The Morgan fingerprint density at radius 2 is 1.72 bits per heavy atom. The minimum absolute atomic E-state index is 0.0824. The van der Waals surface area contributed by atoms with Crippen molar-refractivity contribution < 1.29 is 22.4 Å². The number of ether oxygens (including phenoxy) is 1. The summed E-state index contributed by atoms with van der Waals surface area (Å²) in [5.74, 6) is -0.163. The van der Waals surface area contributed by atoms with Crippen LogP contribution < -0.4 is 0 Å². The lowest BCUT2D eigenvalue weighted by Crippen LogP contribution is -2.40. The lowest BCUT2D eigenvalue weighted by atomic mass is 10.2. The first-order valence-electron chi connectivity index (χ1n) is 8.97. The van der Waals surface area contributed by atoms with Crippen molar-refractivity contribution in [2.45, 2.75) is 44.6 Å². The molecule has 0 N–H and O–H groups in total. The van der Waals surface area contributed by atoms with Crippen molar-refractivity contribution in [1.29, 1.82) is 0 Å². The second-order valence-electron chi connectivity index (χ2n) is 6.13. The minimum atomic E-state index is -3.72. The first-order chi connectivity index (χ1) is 12.0. The molecule has 0 bridgehead atoms. The van der Waals surface area contributed by atoms with Crippen molar-refractivity contribution in [2.75, 3.05) is 39.4 Å². The summed E-state index contributed by atoms with van der Waals surface area (Å²) >= 11 is 0. The number of rotatable bonds is 9. The Hall–Kier alpha value is -1.38. The number of carbonyl (C=O) groups excluding carboxylic acids is 1. The van der Waals surface area contributed by atoms with Crippen molar-refractivity contribution in [3.8, 4) is 0 Å². The van der Waals surface area contributed by atoms with Gasteiger partial charge in [-0.3, -0.25) is 4.79 Å². The van der Waals surface area contributed by atoms with Gasteiger partial charge < -0.3 is 14.1 Å². The molecular formula is C17H28N2O5S. The van der Waals surface area contributed by atoms with Crippen molar-refractivity contribution in [3.63, 3.8) is 0 Å². The molecule has 0 aromatic carbocycles. The van der Waals surface area contributed by atoms with Crippen LogP contribution in [-0.2, 0) is 14.8 Å². The molecule has 0 aliphatic carbocycles. The van der Waals surface area contributed by atoms with Gasteiger partial charge in [0.2, 0.25) is 5.09 Å². The van der Waals surface area contributed by atoms with Gasteiger partial charge in [0.25, 0.3) is 15.9 Å². The van der Waals surface area contributed by atoms with Crippen molar-refractivity contribution in [2.24, 2.45) is 0 Å². The quantitative estimate of drug-likeness (QED) is 0.665. The van der Waals surface area contributed by atoms with Crippen LogP contribution in [0.3, 0.4) is 0 Å². The Morgan fingerprint density at radius 3 is 2.28 bits per heavy atom. The summed E-state index contributed by atoms with van der Waals surface area (Å²) in [5.41, 5.74) is 0. The highest BCUT2D eigenvalue weighted by Gasteiger charge is 2.30. The van der Waals surface area contributed by atoms with Gasteiger partial charge in [0.1, 0.15) is 0 Å². The fourth-order valence-electron chi connectivity index (χ4n) is 2.66. The number of amides is 1. The van der Waals surface area contributed by atoms with E-state index in [1.165, 1.54) is 16.4 Å². The van der Waals surface area contributed by atoms with E-state index in [9.17, 15) is 13.2 Å². The van der Waals surface area contributed by atoms with Gasteiger partial charge in [0.15, 0.2) is 5.76 Å². The van der Waals surface area contributed by atoms with Gasteiger partial charge >= 0.3 is 0 Å². The molecule has 0 saturated carbocycles. The maximum atomic E-state index is 12.7. The molecular weight excluding hydrogens is 344 g/mol. The van der Waals surface area contributed by atoms with E-state index in [1.54, 1.807) is 4.90 Å². The summed E-state index contributed by atoms with van der Waals surface area (Å²) in [4.78, 5) is 14.4. The van der Waals surface area contributed by atoms with Crippen LogP contribution >= 0.6 is 0 Å². The molecule has 8 heteroatoms. The first kappa shape index (κ1) is 19.9. The third-order valence-electron chi connectivity index (χ3n) is 4.21. The summed E-state index contributed by atoms with van der Waals surface area (Å²) in [6.07, 6.45) is 3.81. The average Bonchev–Trinajstić information content (AvgIpc) is 3.13. The summed E-state index contributed by atoms with van der Waals surface area (Å²) in [5, 5.41) is -0.177. The second kappa shape index (κ2) is 9.35. The van der Waals surface area contributed by atoms with E-state index >= 15 is 0 Å². The topological polar surface area (TPSA) is 80.1 Å². The summed E-state index contributed by atoms with van der Waals surface area (Å²) in [7, 11) is -3.72. The molecule has 7 nitrogen and oxygen atoms in total. The zero-order chi connectivity index (χ0) is 18.3. The number of sulfonamides is 1. The van der Waals surface area contributed by atoms with Crippen LogP contribution in [0.5, 0.6) is 0 Å². The highest BCUT2D eigenvalue weighted by atomic mass is 32.2. The molecule has 0 atom stereocenters. The number of nitrogens with zero attached hydrogens (tertiary/aromatic N) is 2. The predicted molar refractivity (Wildman–Crippen MR) is 94.0 cm³/mol. The summed E-state index contributed by atoms with van der Waals surface area (Å²) in [6.45, 7) is 6.78. The monoisotopic (exact) mass is 372 g/mol. The number of hydrogen-bond acceptors (Lipinski definition) is 5. The van der Waals surface area contributed by atoms with E-state index in [-0.39, 0.29) is 16.8 Å². The zero-order valence-corrected chi connectivity index (χ0v) is 15.9. The number of hydrogen-bond donors (Lipinski definition) is 0. The van der Waals surface area contributed by atoms with E-state index < -0.39 is 10.0 Å². The standard InChI is InChI=1S/C17H28N2O5S/c1-3-5-9-18(10-6-4-2)17(20)15-7-8-16(24-15)25(21,22)19-11-13-23-14-12-19/h7-8H,3-6,9-14H2,1-2H3. The Labute approximate surface area is 150 Å². The van der Waals surface area contributed by atoms with Gasteiger partial charge in [-0.15, -0.1) is 0 Å². The molecule has 1 aromatic rings. The molecule has 0 unspecified atom stereocenters.